The molecule has 2 amide bonds. The molecule has 8 heteroatoms. The molecule has 1 aliphatic heterocycles. The normalized spacial score (nSPS) is 15.7. The summed E-state index contributed by atoms with van der Waals surface area (Å²) in [5.41, 5.74) is 2.44. The van der Waals surface area contributed by atoms with Crippen molar-refractivity contribution in [1.82, 2.24) is 14.7 Å². The minimum Gasteiger partial charge on any atom is -0.444 e. The number of fused-ring (bicyclic) bond motifs is 1. The molecule has 0 saturated heterocycles. The highest BCUT2D eigenvalue weighted by molar-refractivity contribution is 5.89. The smallest absolute Gasteiger partial charge is 0.410 e. The van der Waals surface area contributed by atoms with Gasteiger partial charge < -0.3 is 4.74 Å². The second-order valence-corrected chi connectivity index (χ2v) is 8.92. The van der Waals surface area contributed by atoms with Gasteiger partial charge in [0.25, 0.3) is 0 Å². The summed E-state index contributed by atoms with van der Waals surface area (Å²) in [6.07, 6.45) is 1.92. The lowest BCUT2D eigenvalue weighted by Gasteiger charge is -2.24. The molecular weight excluding hydrogens is 384 g/mol. The van der Waals surface area contributed by atoms with Crippen LogP contribution in [0.25, 0.3) is 0 Å². The van der Waals surface area contributed by atoms with Crippen LogP contribution in [0.1, 0.15) is 55.2 Å². The van der Waals surface area contributed by atoms with Crippen molar-refractivity contribution in [3.8, 4) is 0 Å². The number of benzene rings is 1. The Balaban J connectivity index is 1.71. The third-order valence-electron chi connectivity index (χ3n) is 5.19. The molecule has 158 valence electrons. The van der Waals surface area contributed by atoms with Gasteiger partial charge >= 0.3 is 6.09 Å². The molecule has 2 aliphatic rings. The molecule has 1 fully saturated rings. The van der Waals surface area contributed by atoms with Crippen LogP contribution in [0.15, 0.2) is 24.3 Å². The van der Waals surface area contributed by atoms with Gasteiger partial charge in [0.1, 0.15) is 5.60 Å². The quantitative estimate of drug-likeness (QED) is 0.716. The minimum atomic E-state index is -0.624. The van der Waals surface area contributed by atoms with E-state index < -0.39 is 11.7 Å². The molecule has 4 rings (SSSR count). The lowest BCUT2D eigenvalue weighted by Crippen LogP contribution is -2.34. The number of hydrogen-bond acceptors (Lipinski definition) is 5. The van der Waals surface area contributed by atoms with Gasteiger partial charge in [-0.2, -0.15) is 0 Å². The number of aromatic nitrogens is 2. The van der Waals surface area contributed by atoms with Crippen LogP contribution in [0.3, 0.4) is 0 Å². The van der Waals surface area contributed by atoms with Gasteiger partial charge in [-0.1, -0.05) is 17.7 Å². The van der Waals surface area contributed by atoms with E-state index in [0.29, 0.717) is 29.2 Å². The number of amides is 2. The molecule has 2 aromatic rings. The van der Waals surface area contributed by atoms with Crippen molar-refractivity contribution in [2.45, 2.75) is 59.2 Å². The fourth-order valence-electron chi connectivity index (χ4n) is 3.50. The zero-order chi connectivity index (χ0) is 21.6. The molecule has 1 aromatic heterocycles. The van der Waals surface area contributed by atoms with E-state index in [4.69, 9.17) is 4.74 Å². The number of rotatable bonds is 4. The number of carbonyl (C=O) groups excluding carboxylic acids is 3. The Hall–Kier alpha value is -3.16. The predicted octanol–water partition coefficient (Wildman–Crippen LogP) is 3.79. The van der Waals surface area contributed by atoms with Gasteiger partial charge in [-0.05, 0) is 52.7 Å². The first-order valence-corrected chi connectivity index (χ1v) is 10.1. The highest BCUT2D eigenvalue weighted by Crippen LogP contribution is 2.38. The minimum absolute atomic E-state index is 0.0403. The molecule has 1 aliphatic carbocycles. The summed E-state index contributed by atoms with van der Waals surface area (Å²) in [6.45, 7) is 7.84. The maximum absolute atomic E-state index is 12.8. The van der Waals surface area contributed by atoms with Crippen LogP contribution < -0.4 is 4.90 Å². The van der Waals surface area contributed by atoms with Crippen LogP contribution in [0, 0.1) is 12.8 Å². The second-order valence-electron chi connectivity index (χ2n) is 8.92. The van der Waals surface area contributed by atoms with Crippen LogP contribution >= 0.6 is 0 Å². The summed E-state index contributed by atoms with van der Waals surface area (Å²) >= 11 is 0. The van der Waals surface area contributed by atoms with Crippen molar-refractivity contribution < 1.29 is 19.1 Å². The average molecular weight is 410 g/mol. The fourth-order valence-corrected chi connectivity index (χ4v) is 3.50. The fraction of sp³-hybridized carbons (Fsp3) is 0.455. The molecule has 1 saturated carbocycles. The van der Waals surface area contributed by atoms with E-state index in [1.807, 2.05) is 52.0 Å². The third-order valence-corrected chi connectivity index (χ3v) is 5.19. The van der Waals surface area contributed by atoms with Crippen molar-refractivity contribution in [2.75, 3.05) is 4.90 Å². The standard InChI is InChI=1S/C22H26N4O4/c1-14-5-9-16(10-6-14)25(13-27)19-17-11-24(21(29)30-22(2,3)4)12-18(17)26(23-19)20(28)15-7-8-15/h5-6,9-10,13,15H,7-8,11-12H2,1-4H3. The largest absolute Gasteiger partial charge is 0.444 e. The highest BCUT2D eigenvalue weighted by Gasteiger charge is 2.39. The van der Waals surface area contributed by atoms with Crippen LogP contribution in [-0.2, 0) is 22.6 Å². The Labute approximate surface area is 175 Å². The van der Waals surface area contributed by atoms with Gasteiger partial charge in [0.2, 0.25) is 12.3 Å². The van der Waals surface area contributed by atoms with Crippen LogP contribution in [0.4, 0.5) is 16.3 Å². The Morgan fingerprint density at radius 3 is 2.40 bits per heavy atom. The zero-order valence-corrected chi connectivity index (χ0v) is 17.7. The number of aryl methyl sites for hydroxylation is 1. The molecule has 0 bridgehead atoms. The van der Waals surface area contributed by atoms with Gasteiger partial charge in [-0.3, -0.25) is 19.4 Å². The lowest BCUT2D eigenvalue weighted by molar-refractivity contribution is -0.106. The van der Waals surface area contributed by atoms with E-state index in [9.17, 15) is 14.4 Å². The first kappa shape index (κ1) is 20.1. The van der Waals surface area contributed by atoms with Crippen molar-refractivity contribution in [1.29, 1.82) is 0 Å². The summed E-state index contributed by atoms with van der Waals surface area (Å²) in [7, 11) is 0. The summed E-state index contributed by atoms with van der Waals surface area (Å²) in [5, 5.41) is 4.51. The molecule has 0 spiro atoms. The monoisotopic (exact) mass is 410 g/mol. The van der Waals surface area contributed by atoms with Gasteiger partial charge in [0.05, 0.1) is 24.5 Å². The number of carbonyl (C=O) groups is 3. The Kier molecular flexibility index (Phi) is 4.88. The molecule has 0 radical (unpaired) electrons. The average Bonchev–Trinajstić information content (AvgIpc) is 3.34. The zero-order valence-electron chi connectivity index (χ0n) is 17.7. The third kappa shape index (κ3) is 3.81. The first-order valence-electron chi connectivity index (χ1n) is 10.1. The van der Waals surface area contributed by atoms with Crippen molar-refractivity contribution in [2.24, 2.45) is 5.92 Å². The highest BCUT2D eigenvalue weighted by atomic mass is 16.6. The number of ether oxygens (including phenoxy) is 1. The molecule has 8 nitrogen and oxygen atoms in total. The summed E-state index contributed by atoms with van der Waals surface area (Å²) in [6, 6.07) is 7.48. The second kappa shape index (κ2) is 7.27. The van der Waals surface area contributed by atoms with Gasteiger partial charge in [0.15, 0.2) is 5.82 Å². The summed E-state index contributed by atoms with van der Waals surface area (Å²) < 4.78 is 6.88. The number of hydrogen-bond donors (Lipinski definition) is 0. The van der Waals surface area contributed by atoms with Crippen LogP contribution in [0.5, 0.6) is 0 Å². The number of anilines is 2. The van der Waals surface area contributed by atoms with Crippen LogP contribution in [0.2, 0.25) is 0 Å². The van der Waals surface area contributed by atoms with E-state index in [0.717, 1.165) is 18.4 Å². The number of nitrogens with zero attached hydrogens (tertiary/aromatic N) is 4. The van der Waals surface area contributed by atoms with E-state index >= 15 is 0 Å². The van der Waals surface area contributed by atoms with Gasteiger partial charge in [-0.25, -0.2) is 9.48 Å². The molecule has 0 atom stereocenters. The maximum atomic E-state index is 12.8. The predicted molar refractivity (Wildman–Crippen MR) is 110 cm³/mol. The van der Waals surface area contributed by atoms with Crippen molar-refractivity contribution >= 4 is 29.9 Å². The summed E-state index contributed by atoms with van der Waals surface area (Å²) in [5.74, 6) is 0.253. The van der Waals surface area contributed by atoms with E-state index in [-0.39, 0.29) is 24.9 Å². The first-order chi connectivity index (χ1) is 14.2. The van der Waals surface area contributed by atoms with Crippen molar-refractivity contribution in [3.05, 3.63) is 41.1 Å². The lowest BCUT2D eigenvalue weighted by atomic mass is 10.2. The maximum Gasteiger partial charge on any atom is 0.410 e. The Morgan fingerprint density at radius 1 is 1.17 bits per heavy atom. The van der Waals surface area contributed by atoms with Gasteiger partial charge in [0, 0.05) is 11.5 Å². The van der Waals surface area contributed by atoms with Crippen molar-refractivity contribution in [3.63, 3.8) is 0 Å². The van der Waals surface area contributed by atoms with E-state index in [2.05, 4.69) is 5.10 Å². The summed E-state index contributed by atoms with van der Waals surface area (Å²) in [4.78, 5) is 40.4. The topological polar surface area (TPSA) is 84.7 Å². The molecule has 30 heavy (non-hydrogen) atoms. The Bertz CT molecular complexity index is 999. The van der Waals surface area contributed by atoms with Crippen LogP contribution in [-0.4, -0.2) is 38.7 Å². The molecule has 0 unspecified atom stereocenters. The molecule has 0 N–H and O–H groups in total. The van der Waals surface area contributed by atoms with Gasteiger partial charge in [-0.15, -0.1) is 5.10 Å². The van der Waals surface area contributed by atoms with E-state index in [1.54, 1.807) is 0 Å². The van der Waals surface area contributed by atoms with E-state index in [1.165, 1.54) is 14.5 Å². The molecular formula is C22H26N4O4. The molecule has 2 heterocycles. The Morgan fingerprint density at radius 2 is 1.83 bits per heavy atom. The SMILES string of the molecule is Cc1ccc(N(C=O)c2nn(C(=O)C3CC3)c3c2CN(C(=O)OC(C)(C)C)C3)cc1. The molecule has 1 aromatic carbocycles.